The highest BCUT2D eigenvalue weighted by molar-refractivity contribution is 6.31. The van der Waals surface area contributed by atoms with E-state index in [-0.39, 0.29) is 5.91 Å². The first kappa shape index (κ1) is 17.9. The van der Waals surface area contributed by atoms with E-state index in [4.69, 9.17) is 16.3 Å². The van der Waals surface area contributed by atoms with E-state index in [0.717, 1.165) is 44.2 Å². The molecule has 1 aliphatic heterocycles. The van der Waals surface area contributed by atoms with Gasteiger partial charge < -0.3 is 10.1 Å². The highest BCUT2D eigenvalue weighted by Crippen LogP contribution is 2.15. The Labute approximate surface area is 152 Å². The SMILES string of the molecule is Cc1nn(CCC(=O)Nc2cccc(CN3CCOCC3)c2)cc1Cl. The number of rotatable bonds is 6. The normalized spacial score (nSPS) is 15.3. The molecule has 0 unspecified atom stereocenters. The first-order valence-corrected chi connectivity index (χ1v) is 8.86. The lowest BCUT2D eigenvalue weighted by atomic mass is 10.1. The Balaban J connectivity index is 1.51. The Bertz CT molecular complexity index is 706. The minimum absolute atomic E-state index is 0.0344. The molecular formula is C18H23ClN4O2. The number of halogens is 1. The quantitative estimate of drug-likeness (QED) is 0.858. The molecule has 1 aliphatic rings. The summed E-state index contributed by atoms with van der Waals surface area (Å²) in [6.07, 6.45) is 2.10. The van der Waals surface area contributed by atoms with Crippen LogP contribution < -0.4 is 5.32 Å². The molecule has 0 aliphatic carbocycles. The van der Waals surface area contributed by atoms with Crippen LogP contribution in [0.1, 0.15) is 17.7 Å². The van der Waals surface area contributed by atoms with Gasteiger partial charge in [-0.25, -0.2) is 0 Å². The number of anilines is 1. The summed E-state index contributed by atoms with van der Waals surface area (Å²) in [7, 11) is 0. The lowest BCUT2D eigenvalue weighted by Crippen LogP contribution is -2.35. The summed E-state index contributed by atoms with van der Waals surface area (Å²) >= 11 is 5.98. The van der Waals surface area contributed by atoms with E-state index in [1.54, 1.807) is 10.9 Å². The topological polar surface area (TPSA) is 59.4 Å². The molecule has 25 heavy (non-hydrogen) atoms. The van der Waals surface area contributed by atoms with Crippen LogP contribution in [-0.2, 0) is 22.6 Å². The van der Waals surface area contributed by atoms with Gasteiger partial charge in [0.25, 0.3) is 0 Å². The maximum absolute atomic E-state index is 12.2. The first-order chi connectivity index (χ1) is 12.1. The Kier molecular flexibility index (Phi) is 6.07. The van der Waals surface area contributed by atoms with E-state index in [2.05, 4.69) is 21.4 Å². The number of benzene rings is 1. The molecule has 7 heteroatoms. The molecule has 0 radical (unpaired) electrons. The maximum Gasteiger partial charge on any atom is 0.226 e. The fourth-order valence-corrected chi connectivity index (χ4v) is 2.96. The molecule has 1 amide bonds. The van der Waals surface area contributed by atoms with Crippen LogP contribution in [0, 0.1) is 6.92 Å². The number of hydrogen-bond donors (Lipinski definition) is 1. The van der Waals surface area contributed by atoms with E-state index >= 15 is 0 Å². The molecule has 1 fully saturated rings. The Morgan fingerprint density at radius 1 is 1.36 bits per heavy atom. The summed E-state index contributed by atoms with van der Waals surface area (Å²) in [4.78, 5) is 14.5. The lowest BCUT2D eigenvalue weighted by Gasteiger charge is -2.26. The van der Waals surface area contributed by atoms with Crippen LogP contribution >= 0.6 is 11.6 Å². The third kappa shape index (κ3) is 5.29. The van der Waals surface area contributed by atoms with Crippen molar-refractivity contribution in [3.63, 3.8) is 0 Å². The molecule has 0 spiro atoms. The van der Waals surface area contributed by atoms with Crippen molar-refractivity contribution in [2.75, 3.05) is 31.6 Å². The summed E-state index contributed by atoms with van der Waals surface area (Å²) in [6.45, 7) is 6.69. The molecule has 3 rings (SSSR count). The summed E-state index contributed by atoms with van der Waals surface area (Å²) in [5.74, 6) is -0.0344. The van der Waals surface area contributed by atoms with Crippen LogP contribution in [0.3, 0.4) is 0 Å². The van der Waals surface area contributed by atoms with Crippen molar-refractivity contribution in [2.45, 2.75) is 26.4 Å². The largest absolute Gasteiger partial charge is 0.379 e. The number of aromatic nitrogens is 2. The van der Waals surface area contributed by atoms with Crippen LogP contribution in [0.5, 0.6) is 0 Å². The monoisotopic (exact) mass is 362 g/mol. The summed E-state index contributed by atoms with van der Waals surface area (Å²) < 4.78 is 7.07. The number of morpholine rings is 1. The second-order valence-electron chi connectivity index (χ2n) is 6.21. The smallest absolute Gasteiger partial charge is 0.226 e. The number of carbonyl (C=O) groups excluding carboxylic acids is 1. The Morgan fingerprint density at radius 3 is 2.88 bits per heavy atom. The second kappa shape index (κ2) is 8.47. The van der Waals surface area contributed by atoms with Gasteiger partial charge in [-0.2, -0.15) is 5.10 Å². The van der Waals surface area contributed by atoms with Gasteiger partial charge in [-0.3, -0.25) is 14.4 Å². The third-order valence-electron chi connectivity index (χ3n) is 4.18. The van der Waals surface area contributed by atoms with Gasteiger partial charge in [0.2, 0.25) is 5.91 Å². The van der Waals surface area contributed by atoms with Gasteiger partial charge in [-0.05, 0) is 24.6 Å². The van der Waals surface area contributed by atoms with Crippen molar-refractivity contribution < 1.29 is 9.53 Å². The number of carbonyl (C=O) groups is 1. The Hall–Kier alpha value is -1.89. The number of aryl methyl sites for hydroxylation is 2. The highest BCUT2D eigenvalue weighted by Gasteiger charge is 2.11. The number of nitrogens with one attached hydrogen (secondary N) is 1. The number of ether oxygens (including phenoxy) is 1. The van der Waals surface area contributed by atoms with Crippen molar-refractivity contribution in [3.8, 4) is 0 Å². The molecule has 1 saturated heterocycles. The zero-order valence-corrected chi connectivity index (χ0v) is 15.1. The van der Waals surface area contributed by atoms with Crippen molar-refractivity contribution in [3.05, 3.63) is 46.7 Å². The molecule has 134 valence electrons. The van der Waals surface area contributed by atoms with Crippen LogP contribution in [0.2, 0.25) is 5.02 Å². The second-order valence-corrected chi connectivity index (χ2v) is 6.62. The molecule has 2 aromatic rings. The molecule has 1 aromatic heterocycles. The molecule has 2 heterocycles. The lowest BCUT2D eigenvalue weighted by molar-refractivity contribution is -0.116. The summed E-state index contributed by atoms with van der Waals surface area (Å²) in [5, 5.41) is 7.83. The van der Waals surface area contributed by atoms with Gasteiger partial charge in [0.1, 0.15) is 0 Å². The average Bonchev–Trinajstić information content (AvgIpc) is 2.92. The van der Waals surface area contributed by atoms with Crippen molar-refractivity contribution >= 4 is 23.2 Å². The predicted molar refractivity (Wildman–Crippen MR) is 97.8 cm³/mol. The maximum atomic E-state index is 12.2. The van der Waals surface area contributed by atoms with Gasteiger partial charge in [0.15, 0.2) is 0 Å². The van der Waals surface area contributed by atoms with E-state index < -0.39 is 0 Å². The van der Waals surface area contributed by atoms with E-state index in [0.29, 0.717) is 18.0 Å². The van der Waals surface area contributed by atoms with Crippen molar-refractivity contribution in [2.24, 2.45) is 0 Å². The molecule has 6 nitrogen and oxygen atoms in total. The highest BCUT2D eigenvalue weighted by atomic mass is 35.5. The van der Waals surface area contributed by atoms with Crippen LogP contribution in [0.4, 0.5) is 5.69 Å². The predicted octanol–water partition coefficient (Wildman–Crippen LogP) is 2.71. The third-order valence-corrected chi connectivity index (χ3v) is 4.55. The molecule has 1 aromatic carbocycles. The summed E-state index contributed by atoms with van der Waals surface area (Å²) in [5.41, 5.74) is 2.79. The summed E-state index contributed by atoms with van der Waals surface area (Å²) in [6, 6.07) is 8.00. The van der Waals surface area contributed by atoms with Gasteiger partial charge in [0.05, 0.1) is 23.9 Å². The molecule has 1 N–H and O–H groups in total. The van der Waals surface area contributed by atoms with Gasteiger partial charge in [-0.1, -0.05) is 23.7 Å². The minimum Gasteiger partial charge on any atom is -0.379 e. The van der Waals surface area contributed by atoms with Crippen molar-refractivity contribution in [1.29, 1.82) is 0 Å². The van der Waals surface area contributed by atoms with Crippen LogP contribution in [0.15, 0.2) is 30.5 Å². The van der Waals surface area contributed by atoms with E-state index in [1.165, 1.54) is 5.56 Å². The fraction of sp³-hybridized carbons (Fsp3) is 0.444. The zero-order valence-electron chi connectivity index (χ0n) is 14.4. The minimum atomic E-state index is -0.0344. The average molecular weight is 363 g/mol. The number of amides is 1. The molecule has 0 bridgehead atoms. The van der Waals surface area contributed by atoms with Crippen LogP contribution in [0.25, 0.3) is 0 Å². The number of hydrogen-bond acceptors (Lipinski definition) is 4. The zero-order chi connectivity index (χ0) is 17.6. The van der Waals surface area contributed by atoms with E-state index in [9.17, 15) is 4.79 Å². The standard InChI is InChI=1S/C18H23ClN4O2/c1-14-17(19)13-23(21-14)6-5-18(24)20-16-4-2-3-15(11-16)12-22-7-9-25-10-8-22/h2-4,11,13H,5-10,12H2,1H3,(H,20,24). The van der Waals surface area contributed by atoms with Gasteiger partial charge >= 0.3 is 0 Å². The molecular weight excluding hydrogens is 340 g/mol. The van der Waals surface area contributed by atoms with Gasteiger partial charge in [0, 0.05) is 44.5 Å². The Morgan fingerprint density at radius 2 is 2.16 bits per heavy atom. The number of nitrogens with zero attached hydrogens (tertiary/aromatic N) is 3. The van der Waals surface area contributed by atoms with Crippen LogP contribution in [-0.4, -0.2) is 46.9 Å². The van der Waals surface area contributed by atoms with Gasteiger partial charge in [-0.15, -0.1) is 0 Å². The molecule has 0 saturated carbocycles. The fourth-order valence-electron chi connectivity index (χ4n) is 2.81. The van der Waals surface area contributed by atoms with Crippen molar-refractivity contribution in [1.82, 2.24) is 14.7 Å². The molecule has 0 atom stereocenters. The first-order valence-electron chi connectivity index (χ1n) is 8.48. The van der Waals surface area contributed by atoms with E-state index in [1.807, 2.05) is 25.1 Å².